The highest BCUT2D eigenvalue weighted by Crippen LogP contribution is 2.22. The van der Waals surface area contributed by atoms with E-state index in [1.54, 1.807) is 11.8 Å². The quantitative estimate of drug-likeness (QED) is 0.540. The lowest BCUT2D eigenvalue weighted by Crippen LogP contribution is -1.87. The number of aliphatic hydroxyl groups is 1. The third kappa shape index (κ3) is 3.65. The summed E-state index contributed by atoms with van der Waals surface area (Å²) in [5.41, 5.74) is 4.67. The van der Waals surface area contributed by atoms with Crippen LogP contribution >= 0.6 is 11.8 Å². The fourth-order valence-corrected chi connectivity index (χ4v) is 3.09. The fraction of sp³-hybridized carbons (Fsp3) is 0.235. The van der Waals surface area contributed by atoms with E-state index >= 15 is 0 Å². The summed E-state index contributed by atoms with van der Waals surface area (Å²) >= 11 is 1.65. The molecule has 0 fully saturated rings. The number of H-pyrrole nitrogens is 1. The molecule has 0 amide bonds. The van der Waals surface area contributed by atoms with Gasteiger partial charge in [0.05, 0.1) is 11.0 Å². The molecule has 2 N–H and O–H groups in total. The highest BCUT2D eigenvalue weighted by Gasteiger charge is 2.05. The van der Waals surface area contributed by atoms with Gasteiger partial charge in [0, 0.05) is 12.4 Å². The molecule has 0 atom stereocenters. The molecule has 0 spiro atoms. The Morgan fingerprint density at radius 2 is 1.90 bits per heavy atom. The predicted octanol–water partition coefficient (Wildman–Crippen LogP) is 3.63. The number of fused-ring (bicyclic) bond motifs is 1. The average molecular weight is 298 g/mol. The van der Waals surface area contributed by atoms with Crippen molar-refractivity contribution in [2.24, 2.45) is 0 Å². The van der Waals surface area contributed by atoms with Gasteiger partial charge < -0.3 is 10.1 Å². The van der Waals surface area contributed by atoms with Crippen LogP contribution in [0, 0.1) is 0 Å². The van der Waals surface area contributed by atoms with Crippen molar-refractivity contribution < 1.29 is 5.11 Å². The molecule has 1 aromatic heterocycles. The molecule has 0 aliphatic rings. The van der Waals surface area contributed by atoms with Gasteiger partial charge in [0.25, 0.3) is 0 Å². The first-order valence-corrected chi connectivity index (χ1v) is 8.10. The van der Waals surface area contributed by atoms with Crippen molar-refractivity contribution in [3.8, 4) is 0 Å². The molecule has 2 aromatic carbocycles. The van der Waals surface area contributed by atoms with Crippen LogP contribution in [0.5, 0.6) is 0 Å². The summed E-state index contributed by atoms with van der Waals surface area (Å²) in [6.45, 7) is 0.231. The predicted molar refractivity (Wildman–Crippen MR) is 87.8 cm³/mol. The molecule has 3 aromatic rings. The molecule has 4 heteroatoms. The van der Waals surface area contributed by atoms with Crippen LogP contribution in [-0.2, 0) is 6.42 Å². The molecule has 0 aliphatic heterocycles. The first kappa shape index (κ1) is 14.2. The summed E-state index contributed by atoms with van der Waals surface area (Å²) in [4.78, 5) is 7.91. The lowest BCUT2D eigenvalue weighted by molar-refractivity contribution is 0.296. The molecule has 3 nitrogen and oxygen atoms in total. The standard InChI is InChI=1S/C17H18N2OS/c20-9-4-10-21-17-18-15-8-7-14(12-16(15)19-17)11-13-5-2-1-3-6-13/h1-3,5-8,12,20H,4,9-11H2,(H,18,19). The van der Waals surface area contributed by atoms with Crippen molar-refractivity contribution >= 4 is 22.8 Å². The molecule has 0 saturated carbocycles. The molecule has 21 heavy (non-hydrogen) atoms. The fourth-order valence-electron chi connectivity index (χ4n) is 2.28. The van der Waals surface area contributed by atoms with Crippen molar-refractivity contribution in [3.05, 3.63) is 59.7 Å². The van der Waals surface area contributed by atoms with Crippen LogP contribution < -0.4 is 0 Å². The number of nitrogens with zero attached hydrogens (tertiary/aromatic N) is 1. The molecule has 0 bridgehead atoms. The minimum absolute atomic E-state index is 0.231. The van der Waals surface area contributed by atoms with Crippen molar-refractivity contribution in [3.63, 3.8) is 0 Å². The van der Waals surface area contributed by atoms with E-state index in [9.17, 15) is 0 Å². The van der Waals surface area contributed by atoms with Crippen LogP contribution in [0.1, 0.15) is 17.5 Å². The normalized spacial score (nSPS) is 11.1. The maximum atomic E-state index is 8.82. The second kappa shape index (κ2) is 6.78. The van der Waals surface area contributed by atoms with Crippen molar-refractivity contribution in [1.29, 1.82) is 0 Å². The zero-order valence-electron chi connectivity index (χ0n) is 11.7. The third-order valence-corrected chi connectivity index (χ3v) is 4.28. The van der Waals surface area contributed by atoms with E-state index in [0.29, 0.717) is 0 Å². The van der Waals surface area contributed by atoms with E-state index in [2.05, 4.69) is 52.4 Å². The molecule has 0 unspecified atom stereocenters. The van der Waals surface area contributed by atoms with Gasteiger partial charge >= 0.3 is 0 Å². The third-order valence-electron chi connectivity index (χ3n) is 3.32. The van der Waals surface area contributed by atoms with Crippen LogP contribution in [-0.4, -0.2) is 27.4 Å². The monoisotopic (exact) mass is 298 g/mol. The van der Waals surface area contributed by atoms with Crippen LogP contribution in [0.4, 0.5) is 0 Å². The van der Waals surface area contributed by atoms with Gasteiger partial charge in [-0.3, -0.25) is 0 Å². The Hall–Kier alpha value is -1.78. The molecular formula is C17H18N2OS. The number of imidazole rings is 1. The minimum atomic E-state index is 0.231. The van der Waals surface area contributed by atoms with Gasteiger partial charge in [-0.1, -0.05) is 48.2 Å². The van der Waals surface area contributed by atoms with Crippen LogP contribution in [0.2, 0.25) is 0 Å². The lowest BCUT2D eigenvalue weighted by Gasteiger charge is -2.01. The van der Waals surface area contributed by atoms with E-state index in [0.717, 1.165) is 34.8 Å². The van der Waals surface area contributed by atoms with Gasteiger partial charge in [0.15, 0.2) is 5.16 Å². The van der Waals surface area contributed by atoms with Gasteiger partial charge in [0.2, 0.25) is 0 Å². The Labute approximate surface area is 128 Å². The summed E-state index contributed by atoms with van der Waals surface area (Å²) in [5.74, 6) is 0.882. The smallest absolute Gasteiger partial charge is 0.166 e. The summed E-state index contributed by atoms with van der Waals surface area (Å²) in [5, 5.41) is 9.74. The molecule has 108 valence electrons. The Kier molecular flexibility index (Phi) is 4.58. The van der Waals surface area contributed by atoms with E-state index in [-0.39, 0.29) is 6.61 Å². The molecule has 0 radical (unpaired) electrons. The topological polar surface area (TPSA) is 48.9 Å². The first-order valence-electron chi connectivity index (χ1n) is 7.11. The maximum Gasteiger partial charge on any atom is 0.166 e. The van der Waals surface area contributed by atoms with Crippen LogP contribution in [0.25, 0.3) is 11.0 Å². The van der Waals surface area contributed by atoms with E-state index in [4.69, 9.17) is 5.11 Å². The van der Waals surface area contributed by atoms with Gasteiger partial charge in [-0.15, -0.1) is 0 Å². The highest BCUT2D eigenvalue weighted by atomic mass is 32.2. The van der Waals surface area contributed by atoms with Crippen molar-refractivity contribution in [2.75, 3.05) is 12.4 Å². The molecular weight excluding hydrogens is 280 g/mol. The number of aromatic nitrogens is 2. The second-order valence-electron chi connectivity index (χ2n) is 4.98. The number of benzene rings is 2. The summed E-state index contributed by atoms with van der Waals surface area (Å²) in [6, 6.07) is 16.8. The zero-order valence-corrected chi connectivity index (χ0v) is 12.6. The molecule has 0 aliphatic carbocycles. The Bertz CT molecular complexity index is 709. The molecule has 1 heterocycles. The Morgan fingerprint density at radius 1 is 1.05 bits per heavy atom. The minimum Gasteiger partial charge on any atom is -0.396 e. The largest absolute Gasteiger partial charge is 0.396 e. The Balaban J connectivity index is 1.76. The number of thioether (sulfide) groups is 1. The van der Waals surface area contributed by atoms with Gasteiger partial charge in [-0.2, -0.15) is 0 Å². The zero-order chi connectivity index (χ0) is 14.5. The SMILES string of the molecule is OCCCSc1nc2ccc(Cc3ccccc3)cc2[nH]1. The van der Waals surface area contributed by atoms with Crippen LogP contribution in [0.15, 0.2) is 53.7 Å². The van der Waals surface area contributed by atoms with E-state index in [1.165, 1.54) is 11.1 Å². The average Bonchev–Trinajstić information content (AvgIpc) is 2.90. The number of nitrogens with one attached hydrogen (secondary N) is 1. The molecule has 0 saturated heterocycles. The van der Waals surface area contributed by atoms with E-state index in [1.807, 2.05) is 6.07 Å². The number of hydrogen-bond acceptors (Lipinski definition) is 3. The number of hydrogen-bond donors (Lipinski definition) is 2. The second-order valence-corrected chi connectivity index (χ2v) is 6.07. The highest BCUT2D eigenvalue weighted by molar-refractivity contribution is 7.99. The van der Waals surface area contributed by atoms with Gasteiger partial charge in [-0.05, 0) is 36.1 Å². The first-order chi connectivity index (χ1) is 10.3. The summed E-state index contributed by atoms with van der Waals surface area (Å²) in [6.07, 6.45) is 1.73. The van der Waals surface area contributed by atoms with Crippen molar-refractivity contribution in [1.82, 2.24) is 9.97 Å². The van der Waals surface area contributed by atoms with Gasteiger partial charge in [-0.25, -0.2) is 4.98 Å². The number of rotatable bonds is 6. The van der Waals surface area contributed by atoms with E-state index < -0.39 is 0 Å². The summed E-state index contributed by atoms with van der Waals surface area (Å²) in [7, 11) is 0. The van der Waals surface area contributed by atoms with Crippen LogP contribution in [0.3, 0.4) is 0 Å². The van der Waals surface area contributed by atoms with Gasteiger partial charge in [0.1, 0.15) is 0 Å². The lowest BCUT2D eigenvalue weighted by atomic mass is 10.0. The number of aliphatic hydroxyl groups excluding tert-OH is 1. The molecule has 3 rings (SSSR count). The maximum absolute atomic E-state index is 8.82. The number of aromatic amines is 1. The summed E-state index contributed by atoms with van der Waals surface area (Å²) < 4.78 is 0. The Morgan fingerprint density at radius 3 is 2.71 bits per heavy atom. The van der Waals surface area contributed by atoms with Crippen molar-refractivity contribution in [2.45, 2.75) is 18.0 Å².